The number of furan rings is 1. The Kier molecular flexibility index (Phi) is 4.66. The summed E-state index contributed by atoms with van der Waals surface area (Å²) < 4.78 is 10.9. The molecule has 0 radical (unpaired) electrons. The second kappa shape index (κ2) is 6.25. The van der Waals surface area contributed by atoms with Crippen LogP contribution in [0.25, 0.3) is 0 Å². The van der Waals surface area contributed by atoms with Gasteiger partial charge in [-0.25, -0.2) is 0 Å². The second-order valence-electron chi connectivity index (χ2n) is 4.46. The van der Waals surface area contributed by atoms with Crippen LogP contribution in [0.3, 0.4) is 0 Å². The normalized spacial score (nSPS) is 17.1. The molecule has 0 spiro atoms. The number of halogens is 1. The number of amides is 1. The van der Waals surface area contributed by atoms with E-state index in [1.807, 2.05) is 17.9 Å². The minimum Gasteiger partial charge on any atom is -0.456 e. The summed E-state index contributed by atoms with van der Waals surface area (Å²) in [4.78, 5) is 13.9. The van der Waals surface area contributed by atoms with E-state index < -0.39 is 0 Å². The lowest BCUT2D eigenvalue weighted by atomic mass is 10.1. The zero-order chi connectivity index (χ0) is 13.0. The van der Waals surface area contributed by atoms with Crippen molar-refractivity contribution in [2.24, 2.45) is 0 Å². The number of piperidine rings is 1. The molecule has 100 valence electrons. The van der Waals surface area contributed by atoms with Gasteiger partial charge in [0.1, 0.15) is 5.76 Å². The number of likely N-dealkylation sites (tertiary alicyclic amines) is 1. The van der Waals surface area contributed by atoms with Crippen molar-refractivity contribution in [3.8, 4) is 0 Å². The molecule has 18 heavy (non-hydrogen) atoms. The molecule has 0 N–H and O–H groups in total. The third-order valence-electron chi connectivity index (χ3n) is 3.11. The molecule has 0 unspecified atom stereocenters. The van der Waals surface area contributed by atoms with Crippen LogP contribution >= 0.6 is 11.6 Å². The molecule has 5 heteroatoms. The Balaban J connectivity index is 1.84. The number of aryl methyl sites for hydroxylation is 1. The fourth-order valence-electron chi connectivity index (χ4n) is 2.14. The second-order valence-corrected chi connectivity index (χ2v) is 4.84. The fourth-order valence-corrected chi connectivity index (χ4v) is 2.23. The molecule has 1 fully saturated rings. The van der Waals surface area contributed by atoms with E-state index in [1.165, 1.54) is 0 Å². The topological polar surface area (TPSA) is 42.7 Å². The van der Waals surface area contributed by atoms with Crippen LogP contribution < -0.4 is 0 Å². The van der Waals surface area contributed by atoms with E-state index in [4.69, 9.17) is 20.8 Å². The Labute approximate surface area is 112 Å². The van der Waals surface area contributed by atoms with Gasteiger partial charge in [-0.2, -0.15) is 0 Å². The lowest BCUT2D eigenvalue weighted by Gasteiger charge is -2.31. The average Bonchev–Trinajstić information content (AvgIpc) is 2.83. The third kappa shape index (κ3) is 3.27. The first kappa shape index (κ1) is 13.4. The largest absolute Gasteiger partial charge is 0.456 e. The summed E-state index contributed by atoms with van der Waals surface area (Å²) in [5, 5.41) is 0. The monoisotopic (exact) mass is 271 g/mol. The molecule has 0 aliphatic carbocycles. The van der Waals surface area contributed by atoms with Crippen LogP contribution in [0.2, 0.25) is 0 Å². The number of carbonyl (C=O) groups excluding carboxylic acids is 1. The molecule has 0 atom stereocenters. The first-order chi connectivity index (χ1) is 8.70. The van der Waals surface area contributed by atoms with Gasteiger partial charge >= 0.3 is 0 Å². The Morgan fingerprint density at radius 1 is 1.50 bits per heavy atom. The Bertz CT molecular complexity index is 397. The fraction of sp³-hybridized carbons (Fsp3) is 0.615. The van der Waals surface area contributed by atoms with E-state index in [2.05, 4.69) is 0 Å². The predicted molar refractivity (Wildman–Crippen MR) is 69.0 cm³/mol. The maximum absolute atomic E-state index is 12.1. The molecule has 1 aromatic rings. The highest BCUT2D eigenvalue weighted by molar-refractivity contribution is 6.17. The SMILES string of the molecule is Cc1ccc(C(=O)N2CCC(OCCCl)CC2)o1. The van der Waals surface area contributed by atoms with E-state index in [9.17, 15) is 4.79 Å². The highest BCUT2D eigenvalue weighted by Crippen LogP contribution is 2.17. The minimum atomic E-state index is -0.0288. The summed E-state index contributed by atoms with van der Waals surface area (Å²) in [5.74, 6) is 1.68. The van der Waals surface area contributed by atoms with E-state index in [1.54, 1.807) is 6.07 Å². The summed E-state index contributed by atoms with van der Waals surface area (Å²) in [6.45, 7) is 3.84. The van der Waals surface area contributed by atoms with Crippen LogP contribution in [-0.4, -0.2) is 42.5 Å². The van der Waals surface area contributed by atoms with Crippen molar-refractivity contribution in [2.75, 3.05) is 25.6 Å². The molecule has 2 heterocycles. The first-order valence-electron chi connectivity index (χ1n) is 6.24. The molecular formula is C13H18ClNO3. The van der Waals surface area contributed by atoms with Crippen molar-refractivity contribution in [1.29, 1.82) is 0 Å². The molecule has 1 aliphatic heterocycles. The van der Waals surface area contributed by atoms with Gasteiger partial charge in [0.05, 0.1) is 12.7 Å². The van der Waals surface area contributed by atoms with E-state index in [0.29, 0.717) is 31.3 Å². The zero-order valence-electron chi connectivity index (χ0n) is 10.5. The first-order valence-corrected chi connectivity index (χ1v) is 6.77. The van der Waals surface area contributed by atoms with Gasteiger partial charge in [-0.1, -0.05) is 0 Å². The zero-order valence-corrected chi connectivity index (χ0v) is 11.3. The van der Waals surface area contributed by atoms with E-state index >= 15 is 0 Å². The molecule has 1 aliphatic rings. The van der Waals surface area contributed by atoms with Crippen LogP contribution in [-0.2, 0) is 4.74 Å². The summed E-state index contributed by atoms with van der Waals surface area (Å²) >= 11 is 5.58. The van der Waals surface area contributed by atoms with Crippen LogP contribution in [0.4, 0.5) is 0 Å². The van der Waals surface area contributed by atoms with Crippen molar-refractivity contribution >= 4 is 17.5 Å². The molecule has 1 amide bonds. The van der Waals surface area contributed by atoms with Gasteiger partial charge in [-0.15, -0.1) is 11.6 Å². The molecule has 1 saturated heterocycles. The number of hydrogen-bond donors (Lipinski definition) is 0. The van der Waals surface area contributed by atoms with Gasteiger partial charge < -0.3 is 14.1 Å². The van der Waals surface area contributed by atoms with Gasteiger partial charge in [-0.3, -0.25) is 4.79 Å². The summed E-state index contributed by atoms with van der Waals surface area (Å²) in [6.07, 6.45) is 1.95. The van der Waals surface area contributed by atoms with Gasteiger partial charge in [0, 0.05) is 19.0 Å². The molecular weight excluding hydrogens is 254 g/mol. The summed E-state index contributed by atoms with van der Waals surface area (Å²) in [6, 6.07) is 3.54. The number of hydrogen-bond acceptors (Lipinski definition) is 3. The number of ether oxygens (including phenoxy) is 1. The van der Waals surface area contributed by atoms with Crippen LogP contribution in [0.1, 0.15) is 29.2 Å². The van der Waals surface area contributed by atoms with Gasteiger partial charge in [0.15, 0.2) is 5.76 Å². The number of alkyl halides is 1. The van der Waals surface area contributed by atoms with Crippen molar-refractivity contribution in [2.45, 2.75) is 25.9 Å². The number of rotatable bonds is 4. The Morgan fingerprint density at radius 3 is 2.78 bits per heavy atom. The van der Waals surface area contributed by atoms with Gasteiger partial charge in [0.25, 0.3) is 5.91 Å². The maximum Gasteiger partial charge on any atom is 0.289 e. The molecule has 1 aromatic heterocycles. The van der Waals surface area contributed by atoms with Crippen molar-refractivity contribution in [3.05, 3.63) is 23.7 Å². The van der Waals surface area contributed by atoms with Crippen molar-refractivity contribution in [3.63, 3.8) is 0 Å². The number of nitrogens with zero attached hydrogens (tertiary/aromatic N) is 1. The molecule has 0 aromatic carbocycles. The van der Waals surface area contributed by atoms with Crippen LogP contribution in [0.15, 0.2) is 16.5 Å². The van der Waals surface area contributed by atoms with Gasteiger partial charge in [0.2, 0.25) is 0 Å². The van der Waals surface area contributed by atoms with Crippen LogP contribution in [0, 0.1) is 6.92 Å². The Morgan fingerprint density at radius 2 is 2.22 bits per heavy atom. The highest BCUT2D eigenvalue weighted by Gasteiger charge is 2.25. The quantitative estimate of drug-likeness (QED) is 0.790. The highest BCUT2D eigenvalue weighted by atomic mass is 35.5. The lowest BCUT2D eigenvalue weighted by molar-refractivity contribution is 0.0144. The average molecular weight is 272 g/mol. The molecule has 2 rings (SSSR count). The van der Waals surface area contributed by atoms with Crippen molar-refractivity contribution < 1.29 is 13.9 Å². The molecule has 0 saturated carbocycles. The third-order valence-corrected chi connectivity index (χ3v) is 3.27. The smallest absolute Gasteiger partial charge is 0.289 e. The standard InChI is InChI=1S/C13H18ClNO3/c1-10-2-3-12(18-10)13(16)15-7-4-11(5-8-15)17-9-6-14/h2-3,11H,4-9H2,1H3. The minimum absolute atomic E-state index is 0.0288. The molecule has 0 bridgehead atoms. The lowest BCUT2D eigenvalue weighted by Crippen LogP contribution is -2.40. The predicted octanol–water partition coefficient (Wildman–Crippen LogP) is 2.45. The Hall–Kier alpha value is -1.00. The number of carbonyl (C=O) groups is 1. The van der Waals surface area contributed by atoms with Crippen LogP contribution in [0.5, 0.6) is 0 Å². The summed E-state index contributed by atoms with van der Waals surface area (Å²) in [7, 11) is 0. The molecule has 4 nitrogen and oxygen atoms in total. The van der Waals surface area contributed by atoms with E-state index in [-0.39, 0.29) is 12.0 Å². The maximum atomic E-state index is 12.1. The van der Waals surface area contributed by atoms with Gasteiger partial charge in [-0.05, 0) is 31.9 Å². The van der Waals surface area contributed by atoms with E-state index in [0.717, 1.165) is 18.6 Å². The summed E-state index contributed by atoms with van der Waals surface area (Å²) in [5.41, 5.74) is 0. The van der Waals surface area contributed by atoms with Crippen molar-refractivity contribution in [1.82, 2.24) is 4.90 Å².